The van der Waals surface area contributed by atoms with E-state index in [9.17, 15) is 18.4 Å². The maximum Gasteiger partial charge on any atom is 0.259 e. The fourth-order valence-corrected chi connectivity index (χ4v) is 4.56. The Labute approximate surface area is 200 Å². The van der Waals surface area contributed by atoms with Crippen molar-refractivity contribution in [2.45, 2.75) is 13.0 Å². The Morgan fingerprint density at radius 3 is 2.51 bits per heavy atom. The highest BCUT2D eigenvalue weighted by atomic mass is 19.1. The zero-order chi connectivity index (χ0) is 24.5. The summed E-state index contributed by atoms with van der Waals surface area (Å²) in [5, 5.41) is 4.28. The average Bonchev–Trinajstić information content (AvgIpc) is 3.00. The number of carbonyl (C=O) groups is 2. The van der Waals surface area contributed by atoms with Crippen molar-refractivity contribution in [3.05, 3.63) is 107 Å². The lowest BCUT2D eigenvalue weighted by atomic mass is 9.94. The van der Waals surface area contributed by atoms with Gasteiger partial charge >= 0.3 is 0 Å². The Bertz CT molecular complexity index is 1440. The predicted octanol–water partition coefficient (Wildman–Crippen LogP) is 5.70. The van der Waals surface area contributed by atoms with Crippen molar-refractivity contribution in [2.75, 3.05) is 18.5 Å². The van der Waals surface area contributed by atoms with E-state index in [2.05, 4.69) is 5.32 Å². The van der Waals surface area contributed by atoms with E-state index in [-0.39, 0.29) is 6.54 Å². The van der Waals surface area contributed by atoms with E-state index in [0.717, 1.165) is 5.39 Å². The van der Waals surface area contributed by atoms with Crippen LogP contribution in [-0.4, -0.2) is 29.9 Å². The Balaban J connectivity index is 1.74. The minimum atomic E-state index is -0.846. The van der Waals surface area contributed by atoms with E-state index in [0.29, 0.717) is 40.1 Å². The summed E-state index contributed by atoms with van der Waals surface area (Å²) in [5.41, 5.74) is 1.64. The lowest BCUT2D eigenvalue weighted by molar-refractivity contribution is -0.117. The van der Waals surface area contributed by atoms with Crippen LogP contribution in [0.1, 0.15) is 34.5 Å². The maximum absolute atomic E-state index is 14.4. The number of nitrogens with zero attached hydrogens (tertiary/aromatic N) is 1. The summed E-state index contributed by atoms with van der Waals surface area (Å²) in [4.78, 5) is 28.5. The van der Waals surface area contributed by atoms with Gasteiger partial charge in [-0.25, -0.2) is 8.78 Å². The van der Waals surface area contributed by atoms with E-state index in [1.54, 1.807) is 6.07 Å². The number of halogens is 2. The molecule has 176 valence electrons. The van der Waals surface area contributed by atoms with Crippen LogP contribution in [0.5, 0.6) is 5.75 Å². The molecule has 0 bridgehead atoms. The molecule has 1 aliphatic rings. The number of anilines is 1. The maximum atomic E-state index is 14.4. The number of carbonyl (C=O) groups excluding carboxylic acids is 2. The third-order valence-corrected chi connectivity index (χ3v) is 6.06. The molecule has 1 N–H and O–H groups in total. The smallest absolute Gasteiger partial charge is 0.259 e. The summed E-state index contributed by atoms with van der Waals surface area (Å²) in [6, 6.07) is 19.8. The van der Waals surface area contributed by atoms with Gasteiger partial charge < -0.3 is 15.0 Å². The Kier molecular flexibility index (Phi) is 5.91. The molecular formula is C28H22F2N2O3. The van der Waals surface area contributed by atoms with Crippen LogP contribution in [0.15, 0.2) is 78.9 Å². The number of benzene rings is 4. The van der Waals surface area contributed by atoms with Crippen LogP contribution in [0.4, 0.5) is 14.5 Å². The second-order valence-electron chi connectivity index (χ2n) is 8.26. The number of amides is 2. The Morgan fingerprint density at radius 2 is 1.74 bits per heavy atom. The van der Waals surface area contributed by atoms with Gasteiger partial charge in [0.2, 0.25) is 5.91 Å². The van der Waals surface area contributed by atoms with Crippen LogP contribution in [0.3, 0.4) is 0 Å². The van der Waals surface area contributed by atoms with Gasteiger partial charge in [0, 0.05) is 11.3 Å². The van der Waals surface area contributed by atoms with Crippen LogP contribution >= 0.6 is 0 Å². The number of ether oxygens (including phenoxy) is 1. The summed E-state index contributed by atoms with van der Waals surface area (Å²) >= 11 is 0. The van der Waals surface area contributed by atoms with Gasteiger partial charge in [0.15, 0.2) is 0 Å². The molecule has 1 aliphatic heterocycles. The van der Waals surface area contributed by atoms with Crippen LogP contribution in [0.25, 0.3) is 10.8 Å². The summed E-state index contributed by atoms with van der Waals surface area (Å²) in [6.07, 6.45) is 0. The number of fused-ring (bicyclic) bond motifs is 2. The molecule has 5 nitrogen and oxygen atoms in total. The topological polar surface area (TPSA) is 58.6 Å². The molecule has 5 rings (SSSR count). The highest BCUT2D eigenvalue weighted by Gasteiger charge is 2.36. The van der Waals surface area contributed by atoms with Crippen molar-refractivity contribution in [1.82, 2.24) is 4.90 Å². The molecule has 4 aromatic carbocycles. The van der Waals surface area contributed by atoms with Gasteiger partial charge in [-0.2, -0.15) is 0 Å². The molecule has 0 aliphatic carbocycles. The molecule has 1 heterocycles. The predicted molar refractivity (Wildman–Crippen MR) is 129 cm³/mol. The highest BCUT2D eigenvalue weighted by Crippen LogP contribution is 2.39. The van der Waals surface area contributed by atoms with Crippen molar-refractivity contribution < 1.29 is 23.1 Å². The van der Waals surface area contributed by atoms with Crippen molar-refractivity contribution in [1.29, 1.82) is 0 Å². The van der Waals surface area contributed by atoms with Gasteiger partial charge in [-0.1, -0.05) is 42.5 Å². The molecule has 1 unspecified atom stereocenters. The normalized spacial score (nSPS) is 15.3. The molecule has 4 aromatic rings. The minimum absolute atomic E-state index is 0.286. The molecule has 1 atom stereocenters. The van der Waals surface area contributed by atoms with Gasteiger partial charge in [0.05, 0.1) is 18.2 Å². The summed E-state index contributed by atoms with van der Waals surface area (Å²) in [5.74, 6) is -1.44. The van der Waals surface area contributed by atoms with Gasteiger partial charge in [0.25, 0.3) is 5.91 Å². The van der Waals surface area contributed by atoms with Crippen molar-refractivity contribution in [3.8, 4) is 5.75 Å². The summed E-state index contributed by atoms with van der Waals surface area (Å²) in [6.45, 7) is 1.88. The molecule has 0 radical (unpaired) electrons. The lowest BCUT2D eigenvalue weighted by Gasteiger charge is -2.31. The van der Waals surface area contributed by atoms with Gasteiger partial charge in [-0.15, -0.1) is 0 Å². The quantitative estimate of drug-likeness (QED) is 0.415. The van der Waals surface area contributed by atoms with Crippen molar-refractivity contribution in [2.24, 2.45) is 0 Å². The molecule has 0 saturated heterocycles. The number of hydrogen-bond acceptors (Lipinski definition) is 3. The zero-order valence-electron chi connectivity index (χ0n) is 18.9. The zero-order valence-corrected chi connectivity index (χ0v) is 18.9. The van der Waals surface area contributed by atoms with Crippen LogP contribution in [0, 0.1) is 11.6 Å². The molecule has 7 heteroatoms. The Hall–Kier alpha value is -4.26. The molecular weight excluding hydrogens is 450 g/mol. The van der Waals surface area contributed by atoms with Crippen LogP contribution < -0.4 is 10.1 Å². The lowest BCUT2D eigenvalue weighted by Crippen LogP contribution is -2.39. The molecule has 0 saturated carbocycles. The van der Waals surface area contributed by atoms with Gasteiger partial charge in [-0.05, 0) is 59.7 Å². The Morgan fingerprint density at radius 1 is 1.00 bits per heavy atom. The third kappa shape index (κ3) is 4.21. The van der Waals surface area contributed by atoms with E-state index in [1.165, 1.54) is 47.4 Å². The number of nitrogens with one attached hydrogen (secondary N) is 1. The second kappa shape index (κ2) is 9.18. The van der Waals surface area contributed by atoms with E-state index in [4.69, 9.17) is 4.74 Å². The minimum Gasteiger partial charge on any atom is -0.493 e. The van der Waals surface area contributed by atoms with Crippen molar-refractivity contribution in [3.63, 3.8) is 0 Å². The first-order valence-electron chi connectivity index (χ1n) is 11.3. The number of rotatable bonds is 4. The van der Waals surface area contributed by atoms with E-state index < -0.39 is 29.5 Å². The second-order valence-corrected chi connectivity index (χ2v) is 8.26. The van der Waals surface area contributed by atoms with Crippen molar-refractivity contribution >= 4 is 28.3 Å². The fourth-order valence-electron chi connectivity index (χ4n) is 4.56. The largest absolute Gasteiger partial charge is 0.493 e. The van der Waals surface area contributed by atoms with Gasteiger partial charge in [0.1, 0.15) is 23.9 Å². The SMILES string of the molecule is CCOc1ccc2ccccc2c1C(=O)N1CC(=O)Nc2ccc(F)cc2C1c1ccc(F)cc1. The van der Waals surface area contributed by atoms with Crippen LogP contribution in [0.2, 0.25) is 0 Å². The summed E-state index contributed by atoms with van der Waals surface area (Å²) in [7, 11) is 0. The first-order valence-corrected chi connectivity index (χ1v) is 11.3. The molecule has 0 fully saturated rings. The summed E-state index contributed by atoms with van der Waals surface area (Å²) < 4.78 is 34.0. The molecule has 0 spiro atoms. The van der Waals surface area contributed by atoms with Gasteiger partial charge in [-0.3, -0.25) is 9.59 Å². The fraction of sp³-hybridized carbons (Fsp3) is 0.143. The van der Waals surface area contributed by atoms with E-state index in [1.807, 2.05) is 37.3 Å². The number of hydrogen-bond donors (Lipinski definition) is 1. The molecule has 35 heavy (non-hydrogen) atoms. The monoisotopic (exact) mass is 472 g/mol. The molecule has 0 aromatic heterocycles. The van der Waals surface area contributed by atoms with E-state index >= 15 is 0 Å². The first kappa shape index (κ1) is 22.5. The first-order chi connectivity index (χ1) is 17.0. The average molecular weight is 472 g/mol. The van der Waals surface area contributed by atoms with Crippen LogP contribution in [-0.2, 0) is 4.79 Å². The highest BCUT2D eigenvalue weighted by molar-refractivity contribution is 6.11. The third-order valence-electron chi connectivity index (χ3n) is 6.06. The standard InChI is InChI=1S/C28H22F2N2O3/c1-2-35-24-14-9-17-5-3-4-6-21(17)26(24)28(34)32-16-25(33)31-23-13-12-20(30)15-22(23)27(32)18-7-10-19(29)11-8-18/h3-15,27H,2,16H2,1H3,(H,31,33). The molecule has 2 amide bonds.